The maximum absolute atomic E-state index is 11.5. The van der Waals surface area contributed by atoms with Gasteiger partial charge in [-0.1, -0.05) is 103 Å². The van der Waals surface area contributed by atoms with Crippen molar-refractivity contribution in [2.75, 3.05) is 6.61 Å². The first-order valence-corrected chi connectivity index (χ1v) is 13.1. The summed E-state index contributed by atoms with van der Waals surface area (Å²) >= 11 is 0. The van der Waals surface area contributed by atoms with Gasteiger partial charge in [-0.3, -0.25) is 4.57 Å². The van der Waals surface area contributed by atoms with Crippen LogP contribution in [0.15, 0.2) is 0 Å². The van der Waals surface area contributed by atoms with Gasteiger partial charge in [0.2, 0.25) is 0 Å². The molecule has 0 aliphatic rings. The smallest absolute Gasteiger partial charge is 0.754 e. The van der Waals surface area contributed by atoms with E-state index in [1.54, 1.807) is 20.8 Å². The Morgan fingerprint density at radius 3 is 1.38 bits per heavy atom. The molecule has 0 aromatic heterocycles. The third-order valence-electron chi connectivity index (χ3n) is 4.61. The van der Waals surface area contributed by atoms with Gasteiger partial charge in [-0.15, -0.1) is 0 Å². The Kier molecular flexibility index (Phi) is 23.3. The van der Waals surface area contributed by atoms with Gasteiger partial charge >= 0.3 is 29.6 Å². The van der Waals surface area contributed by atoms with Crippen LogP contribution < -0.4 is 34.5 Å². The molecule has 170 valence electrons. The third-order valence-corrected chi connectivity index (χ3v) is 5.67. The first-order chi connectivity index (χ1) is 13.3. The molecule has 0 rings (SSSR count). The molecule has 0 aromatic carbocycles. The second-order valence-electron chi connectivity index (χ2n) is 8.85. The molecule has 7 heteroatoms. The number of hydrogen-bond donors (Lipinski definition) is 0. The summed E-state index contributed by atoms with van der Waals surface area (Å²) in [6, 6.07) is 0. The maximum Gasteiger partial charge on any atom is 1.00 e. The zero-order valence-electron chi connectivity index (χ0n) is 20.0. The summed E-state index contributed by atoms with van der Waals surface area (Å²) in [7, 11) is -4.38. The van der Waals surface area contributed by atoms with Crippen molar-refractivity contribution >= 4 is 7.82 Å². The summed E-state index contributed by atoms with van der Waals surface area (Å²) in [4.78, 5) is 16.2. The Morgan fingerprint density at radius 2 is 1.03 bits per heavy atom. The van der Waals surface area contributed by atoms with Crippen LogP contribution in [0, 0.1) is 0 Å². The summed E-state index contributed by atoms with van der Waals surface area (Å²) < 4.78 is 20.7. The molecule has 0 spiro atoms. The van der Waals surface area contributed by atoms with Crippen LogP contribution in [0.4, 0.5) is 0 Å². The minimum absolute atomic E-state index is 0. The molecule has 0 aliphatic carbocycles. The zero-order chi connectivity index (χ0) is 21.1. The molecule has 0 heterocycles. The second kappa shape index (κ2) is 20.9. The van der Waals surface area contributed by atoms with Gasteiger partial charge in [0.25, 0.3) is 7.82 Å². The Hall–Kier alpha value is 1.07. The summed E-state index contributed by atoms with van der Waals surface area (Å²) in [5, 5.41) is 0. The van der Waals surface area contributed by atoms with E-state index in [-0.39, 0.29) is 36.2 Å². The van der Waals surface area contributed by atoms with Crippen LogP contribution in [0.1, 0.15) is 130 Å². The fourth-order valence-electron chi connectivity index (χ4n) is 3.16. The number of rotatable bonds is 20. The standard InChI is InChI=1S/C22H47O5P.Na/c1-5-6-7-8-9-10-11-12-13-14-15-16-17-18-19-20-21-25-27-28(23,24)26-22(2,3)4;/h5-21H2,1-4H3,(H,23,24);/q;+1/p-1. The van der Waals surface area contributed by atoms with E-state index in [0.717, 1.165) is 19.3 Å². The summed E-state index contributed by atoms with van der Waals surface area (Å²) in [5.41, 5.74) is -0.811. The van der Waals surface area contributed by atoms with Gasteiger partial charge in [-0.05, 0) is 27.2 Å². The molecule has 0 N–H and O–H groups in total. The first-order valence-electron chi connectivity index (χ1n) is 11.6. The Balaban J connectivity index is 0. The van der Waals surface area contributed by atoms with Crippen LogP contribution >= 0.6 is 7.82 Å². The molecule has 0 bridgehead atoms. The van der Waals surface area contributed by atoms with Crippen molar-refractivity contribution in [3.8, 4) is 0 Å². The van der Waals surface area contributed by atoms with Crippen LogP contribution in [0.25, 0.3) is 0 Å². The van der Waals surface area contributed by atoms with Crippen LogP contribution in [0.2, 0.25) is 0 Å². The van der Waals surface area contributed by atoms with E-state index in [2.05, 4.69) is 11.6 Å². The molecule has 0 saturated carbocycles. The van der Waals surface area contributed by atoms with Gasteiger partial charge in [0, 0.05) is 0 Å². The molecule has 1 unspecified atom stereocenters. The van der Waals surface area contributed by atoms with Crippen LogP contribution in [0.5, 0.6) is 0 Å². The van der Waals surface area contributed by atoms with Gasteiger partial charge in [0.15, 0.2) is 0 Å². The van der Waals surface area contributed by atoms with Gasteiger partial charge in [-0.25, -0.2) is 4.89 Å². The van der Waals surface area contributed by atoms with Crippen molar-refractivity contribution in [2.45, 2.75) is 136 Å². The number of unbranched alkanes of at least 4 members (excludes halogenated alkanes) is 15. The zero-order valence-corrected chi connectivity index (χ0v) is 22.9. The normalized spacial score (nSPS) is 13.8. The van der Waals surface area contributed by atoms with E-state index < -0.39 is 13.4 Å². The predicted octanol–water partition coefficient (Wildman–Crippen LogP) is 4.48. The largest absolute Gasteiger partial charge is 1.00 e. The summed E-state index contributed by atoms with van der Waals surface area (Å²) in [6.45, 7) is 7.49. The minimum atomic E-state index is -4.38. The topological polar surface area (TPSA) is 67.8 Å². The van der Waals surface area contributed by atoms with Gasteiger partial charge in [0.1, 0.15) is 0 Å². The summed E-state index contributed by atoms with van der Waals surface area (Å²) in [5.74, 6) is 0. The average Bonchev–Trinajstić information content (AvgIpc) is 2.58. The Bertz CT molecular complexity index is 388. The van der Waals surface area contributed by atoms with Crippen molar-refractivity contribution in [1.82, 2.24) is 0 Å². The molecular formula is C22H46NaO5P. The van der Waals surface area contributed by atoms with Crippen molar-refractivity contribution < 1.29 is 53.1 Å². The van der Waals surface area contributed by atoms with Crippen molar-refractivity contribution in [3.63, 3.8) is 0 Å². The molecule has 0 radical (unpaired) electrons. The van der Waals surface area contributed by atoms with Gasteiger partial charge < -0.3 is 9.42 Å². The van der Waals surface area contributed by atoms with E-state index in [0.29, 0.717) is 0 Å². The van der Waals surface area contributed by atoms with E-state index in [1.165, 1.54) is 83.5 Å². The Morgan fingerprint density at radius 1 is 0.690 bits per heavy atom. The molecular weight excluding hydrogens is 398 g/mol. The van der Waals surface area contributed by atoms with Crippen molar-refractivity contribution in [3.05, 3.63) is 0 Å². The maximum atomic E-state index is 11.5. The van der Waals surface area contributed by atoms with Gasteiger partial charge in [0.05, 0.1) is 12.2 Å². The van der Waals surface area contributed by atoms with Crippen LogP contribution in [-0.2, 0) is 18.7 Å². The SMILES string of the molecule is CCCCCCCCCCCCCCCCCCOOP(=O)([O-])OC(C)(C)C.[Na+]. The minimum Gasteiger partial charge on any atom is -0.754 e. The van der Waals surface area contributed by atoms with Gasteiger partial charge in [-0.2, -0.15) is 4.67 Å². The number of hydrogen-bond acceptors (Lipinski definition) is 5. The molecule has 0 aliphatic heterocycles. The quantitative estimate of drug-likeness (QED) is 0.0910. The van der Waals surface area contributed by atoms with Crippen molar-refractivity contribution in [1.29, 1.82) is 0 Å². The van der Waals surface area contributed by atoms with E-state index >= 15 is 0 Å². The molecule has 0 fully saturated rings. The van der Waals surface area contributed by atoms with Crippen LogP contribution in [-0.4, -0.2) is 12.2 Å². The molecule has 0 amide bonds. The summed E-state index contributed by atoms with van der Waals surface area (Å²) in [6.07, 6.45) is 20.8. The average molecular weight is 445 g/mol. The van der Waals surface area contributed by atoms with E-state index in [1.807, 2.05) is 0 Å². The number of phosphoric acid groups is 1. The first kappa shape index (κ1) is 32.3. The van der Waals surface area contributed by atoms with E-state index in [4.69, 9.17) is 9.41 Å². The molecule has 1 atom stereocenters. The Labute approximate surface area is 202 Å². The fourth-order valence-corrected chi connectivity index (χ4v) is 4.07. The van der Waals surface area contributed by atoms with Crippen molar-refractivity contribution in [2.24, 2.45) is 0 Å². The third kappa shape index (κ3) is 27.0. The molecule has 5 nitrogen and oxygen atoms in total. The fraction of sp³-hybridized carbons (Fsp3) is 1.00. The second-order valence-corrected chi connectivity index (χ2v) is 10.1. The monoisotopic (exact) mass is 444 g/mol. The van der Waals surface area contributed by atoms with E-state index in [9.17, 15) is 9.46 Å². The molecule has 0 aromatic rings. The molecule has 29 heavy (non-hydrogen) atoms. The van der Waals surface area contributed by atoms with Crippen LogP contribution in [0.3, 0.4) is 0 Å². The number of phosphoric ester groups is 1. The predicted molar refractivity (Wildman–Crippen MR) is 115 cm³/mol. The molecule has 0 saturated heterocycles.